The van der Waals surface area contributed by atoms with Crippen LogP contribution in [0.5, 0.6) is 0 Å². The minimum atomic E-state index is -0.319. The predicted molar refractivity (Wildman–Crippen MR) is 105 cm³/mol. The second-order valence-electron chi connectivity index (χ2n) is 7.07. The summed E-state index contributed by atoms with van der Waals surface area (Å²) in [7, 11) is 0. The maximum Gasteiger partial charge on any atom is 0.261 e. The predicted octanol–water partition coefficient (Wildman–Crippen LogP) is 4.46. The number of anilines is 1. The lowest BCUT2D eigenvalue weighted by Crippen LogP contribution is -2.30. The van der Waals surface area contributed by atoms with E-state index in [0.717, 1.165) is 24.1 Å². The van der Waals surface area contributed by atoms with Crippen LogP contribution in [0.25, 0.3) is 0 Å². The molecule has 3 rings (SSSR count). The van der Waals surface area contributed by atoms with Crippen molar-refractivity contribution in [1.82, 2.24) is 4.90 Å². The number of carbonyl (C=O) groups is 3. The van der Waals surface area contributed by atoms with Gasteiger partial charge in [-0.3, -0.25) is 19.3 Å². The molecule has 0 radical (unpaired) electrons. The lowest BCUT2D eigenvalue weighted by atomic mass is 10.0. The number of rotatable bonds is 6. The molecule has 1 aliphatic rings. The van der Waals surface area contributed by atoms with Crippen molar-refractivity contribution in [3.8, 4) is 0 Å². The van der Waals surface area contributed by atoms with Crippen LogP contribution < -0.4 is 5.32 Å². The molecule has 0 unspecified atom stereocenters. The highest BCUT2D eigenvalue weighted by atomic mass is 16.2. The summed E-state index contributed by atoms with van der Waals surface area (Å²) in [6, 6.07) is 12.4. The van der Waals surface area contributed by atoms with Crippen molar-refractivity contribution in [2.45, 2.75) is 39.5 Å². The first kappa shape index (κ1) is 18.8. The number of amides is 3. The Hall–Kier alpha value is -2.95. The molecule has 27 heavy (non-hydrogen) atoms. The van der Waals surface area contributed by atoms with E-state index in [1.54, 1.807) is 12.1 Å². The highest BCUT2D eigenvalue weighted by Crippen LogP contribution is 2.27. The molecule has 5 nitrogen and oxygen atoms in total. The van der Waals surface area contributed by atoms with Crippen molar-refractivity contribution in [3.63, 3.8) is 0 Å². The zero-order chi connectivity index (χ0) is 19.6. The minimum absolute atomic E-state index is 0.271. The number of nitrogens with one attached hydrogen (secondary N) is 1. The first-order valence-corrected chi connectivity index (χ1v) is 9.34. The van der Waals surface area contributed by atoms with Gasteiger partial charge in [-0.2, -0.15) is 0 Å². The molecule has 1 aliphatic heterocycles. The topological polar surface area (TPSA) is 66.5 Å². The Kier molecular flexibility index (Phi) is 5.40. The summed E-state index contributed by atoms with van der Waals surface area (Å²) in [6.45, 7) is 6.55. The molecule has 2 aromatic carbocycles. The zero-order valence-electron chi connectivity index (χ0n) is 15.9. The molecule has 0 aromatic heterocycles. The van der Waals surface area contributed by atoms with E-state index < -0.39 is 0 Å². The molecule has 5 heteroatoms. The van der Waals surface area contributed by atoms with Crippen LogP contribution in [0.4, 0.5) is 5.69 Å². The number of fused-ring (bicyclic) bond motifs is 1. The van der Waals surface area contributed by atoms with E-state index in [0.29, 0.717) is 23.2 Å². The fourth-order valence-corrected chi connectivity index (χ4v) is 3.26. The molecule has 140 valence electrons. The summed E-state index contributed by atoms with van der Waals surface area (Å²) in [5.74, 6) is -0.618. The summed E-state index contributed by atoms with van der Waals surface area (Å²) < 4.78 is 0. The zero-order valence-corrected chi connectivity index (χ0v) is 15.9. The molecule has 0 atom stereocenters. The number of hydrogen-bond donors (Lipinski definition) is 1. The molecule has 1 heterocycles. The maximum absolute atomic E-state index is 12.7. The Labute approximate surface area is 159 Å². The standard InChI is InChI=1S/C22H24N2O3/c1-4-5-12-24-21(26)17-11-10-15(13-18(17)22(24)27)20(25)23-19-9-7-6-8-16(19)14(2)3/h6-11,13-14H,4-5,12H2,1-3H3,(H,23,25). The Morgan fingerprint density at radius 3 is 2.44 bits per heavy atom. The monoisotopic (exact) mass is 364 g/mol. The highest BCUT2D eigenvalue weighted by molar-refractivity contribution is 6.22. The van der Waals surface area contributed by atoms with Gasteiger partial charge in [0, 0.05) is 17.8 Å². The number of hydrogen-bond acceptors (Lipinski definition) is 3. The normalized spacial score (nSPS) is 13.3. The molecular weight excluding hydrogens is 340 g/mol. The van der Waals surface area contributed by atoms with E-state index in [1.165, 1.54) is 11.0 Å². The molecular formula is C22H24N2O3. The number of unbranched alkanes of at least 4 members (excludes halogenated alkanes) is 1. The van der Waals surface area contributed by atoms with Crippen LogP contribution in [0.1, 0.15) is 76.2 Å². The van der Waals surface area contributed by atoms with Gasteiger partial charge in [-0.15, -0.1) is 0 Å². The average Bonchev–Trinajstić information content (AvgIpc) is 2.90. The van der Waals surface area contributed by atoms with E-state index in [9.17, 15) is 14.4 Å². The van der Waals surface area contributed by atoms with Crippen LogP contribution in [0, 0.1) is 0 Å². The van der Waals surface area contributed by atoms with Gasteiger partial charge in [0.1, 0.15) is 0 Å². The number of para-hydroxylation sites is 1. The Balaban J connectivity index is 1.85. The number of carbonyl (C=O) groups excluding carboxylic acids is 3. The molecule has 0 spiro atoms. The largest absolute Gasteiger partial charge is 0.322 e. The lowest BCUT2D eigenvalue weighted by molar-refractivity contribution is 0.0652. The van der Waals surface area contributed by atoms with Gasteiger partial charge in [-0.25, -0.2) is 0 Å². The fraction of sp³-hybridized carbons (Fsp3) is 0.318. The van der Waals surface area contributed by atoms with Crippen LogP contribution >= 0.6 is 0 Å². The van der Waals surface area contributed by atoms with Crippen LogP contribution in [0.2, 0.25) is 0 Å². The van der Waals surface area contributed by atoms with Crippen LogP contribution in [-0.4, -0.2) is 29.2 Å². The first-order valence-electron chi connectivity index (χ1n) is 9.34. The van der Waals surface area contributed by atoms with Crippen molar-refractivity contribution in [3.05, 3.63) is 64.7 Å². The minimum Gasteiger partial charge on any atom is -0.322 e. The van der Waals surface area contributed by atoms with E-state index >= 15 is 0 Å². The Bertz CT molecular complexity index is 902. The molecule has 2 aromatic rings. The smallest absolute Gasteiger partial charge is 0.261 e. The van der Waals surface area contributed by atoms with Crippen LogP contribution in [0.15, 0.2) is 42.5 Å². The van der Waals surface area contributed by atoms with Crippen molar-refractivity contribution in [2.24, 2.45) is 0 Å². The second kappa shape index (κ2) is 7.74. The van der Waals surface area contributed by atoms with Crippen molar-refractivity contribution < 1.29 is 14.4 Å². The first-order chi connectivity index (χ1) is 12.9. The molecule has 0 saturated heterocycles. The quantitative estimate of drug-likeness (QED) is 0.770. The fourth-order valence-electron chi connectivity index (χ4n) is 3.26. The molecule has 1 N–H and O–H groups in total. The van der Waals surface area contributed by atoms with Crippen molar-refractivity contribution in [2.75, 3.05) is 11.9 Å². The van der Waals surface area contributed by atoms with Gasteiger partial charge < -0.3 is 5.32 Å². The molecule has 0 bridgehead atoms. The number of nitrogens with zero attached hydrogens (tertiary/aromatic N) is 1. The molecule has 3 amide bonds. The van der Waals surface area contributed by atoms with Crippen molar-refractivity contribution in [1.29, 1.82) is 0 Å². The van der Waals surface area contributed by atoms with E-state index in [4.69, 9.17) is 0 Å². The van der Waals surface area contributed by atoms with Gasteiger partial charge in [0.05, 0.1) is 11.1 Å². The van der Waals surface area contributed by atoms with Crippen LogP contribution in [-0.2, 0) is 0 Å². The summed E-state index contributed by atoms with van der Waals surface area (Å²) in [5, 5.41) is 2.92. The highest BCUT2D eigenvalue weighted by Gasteiger charge is 2.35. The third-order valence-electron chi connectivity index (χ3n) is 4.80. The second-order valence-corrected chi connectivity index (χ2v) is 7.07. The summed E-state index contributed by atoms with van der Waals surface area (Å²) in [5.41, 5.74) is 2.84. The summed E-state index contributed by atoms with van der Waals surface area (Å²) in [6.07, 6.45) is 1.67. The lowest BCUT2D eigenvalue weighted by Gasteiger charge is -2.13. The van der Waals surface area contributed by atoms with E-state index in [1.807, 2.05) is 31.2 Å². The molecule has 0 fully saturated rings. The Morgan fingerprint density at radius 2 is 1.74 bits per heavy atom. The van der Waals surface area contributed by atoms with Gasteiger partial charge in [0.25, 0.3) is 17.7 Å². The molecule has 0 saturated carbocycles. The van der Waals surface area contributed by atoms with Crippen molar-refractivity contribution >= 4 is 23.4 Å². The molecule has 0 aliphatic carbocycles. The van der Waals surface area contributed by atoms with Gasteiger partial charge in [-0.1, -0.05) is 45.4 Å². The number of imide groups is 1. The van der Waals surface area contributed by atoms with E-state index in [2.05, 4.69) is 19.2 Å². The number of benzene rings is 2. The average molecular weight is 364 g/mol. The maximum atomic E-state index is 12.7. The third-order valence-corrected chi connectivity index (χ3v) is 4.80. The van der Waals surface area contributed by atoms with Gasteiger partial charge in [-0.05, 0) is 42.2 Å². The van der Waals surface area contributed by atoms with Crippen LogP contribution in [0.3, 0.4) is 0 Å². The summed E-state index contributed by atoms with van der Waals surface area (Å²) >= 11 is 0. The van der Waals surface area contributed by atoms with Gasteiger partial charge in [0.2, 0.25) is 0 Å². The summed E-state index contributed by atoms with van der Waals surface area (Å²) in [4.78, 5) is 38.9. The van der Waals surface area contributed by atoms with Gasteiger partial charge in [0.15, 0.2) is 0 Å². The SMILES string of the molecule is CCCCN1C(=O)c2ccc(C(=O)Nc3ccccc3C(C)C)cc2C1=O. The Morgan fingerprint density at radius 1 is 1.04 bits per heavy atom. The van der Waals surface area contributed by atoms with E-state index in [-0.39, 0.29) is 23.6 Å². The third kappa shape index (κ3) is 3.63. The van der Waals surface area contributed by atoms with Gasteiger partial charge >= 0.3 is 0 Å².